The minimum absolute atomic E-state index is 0.774. The Bertz CT molecular complexity index is 767. The molecule has 0 atom stereocenters. The van der Waals surface area contributed by atoms with Crippen LogP contribution in [0.3, 0.4) is 0 Å². The van der Waals surface area contributed by atoms with Gasteiger partial charge < -0.3 is 14.5 Å². The van der Waals surface area contributed by atoms with Gasteiger partial charge in [0.25, 0.3) is 0 Å². The molecule has 2 saturated heterocycles. The quantitative estimate of drug-likeness (QED) is 0.826. The summed E-state index contributed by atoms with van der Waals surface area (Å²) in [6.45, 7) is 12.8. The summed E-state index contributed by atoms with van der Waals surface area (Å²) in [6.07, 6.45) is 1.88. The number of aromatic nitrogens is 2. The second-order valence-electron chi connectivity index (χ2n) is 7.51. The third-order valence-electron chi connectivity index (χ3n) is 5.51. The van der Waals surface area contributed by atoms with Crippen LogP contribution in [0, 0.1) is 13.8 Å². The zero-order valence-electron chi connectivity index (χ0n) is 16.4. The summed E-state index contributed by atoms with van der Waals surface area (Å²) in [5, 5.41) is 0. The first-order valence-corrected chi connectivity index (χ1v) is 9.88. The fourth-order valence-corrected chi connectivity index (χ4v) is 3.83. The zero-order chi connectivity index (χ0) is 18.6. The van der Waals surface area contributed by atoms with Crippen molar-refractivity contribution in [1.29, 1.82) is 0 Å². The lowest BCUT2D eigenvalue weighted by Crippen LogP contribution is -2.46. The summed E-state index contributed by atoms with van der Waals surface area (Å²) >= 11 is 0. The topological polar surface area (TPSA) is 44.7 Å². The molecule has 0 saturated carbocycles. The van der Waals surface area contributed by atoms with Crippen molar-refractivity contribution < 1.29 is 4.74 Å². The van der Waals surface area contributed by atoms with Gasteiger partial charge in [-0.15, -0.1) is 0 Å². The number of hydrogen-bond donors (Lipinski definition) is 0. The molecule has 4 rings (SSSR count). The molecule has 6 nitrogen and oxygen atoms in total. The van der Waals surface area contributed by atoms with Crippen LogP contribution in [0.4, 0.5) is 11.8 Å². The van der Waals surface area contributed by atoms with Crippen LogP contribution in [0.2, 0.25) is 0 Å². The van der Waals surface area contributed by atoms with E-state index in [0.29, 0.717) is 0 Å². The molecule has 0 aliphatic carbocycles. The average molecular weight is 367 g/mol. The minimum atomic E-state index is 0.774. The highest BCUT2D eigenvalue weighted by atomic mass is 16.5. The number of rotatable bonds is 4. The standard InChI is InChI=1S/C21H29N5O/c1-17-3-4-19(18(2)15-17)16-24-7-9-26(10-8-24)21-22-6-5-20(23-21)25-11-13-27-14-12-25/h3-6,15H,7-14,16H2,1-2H3. The van der Waals surface area contributed by atoms with Gasteiger partial charge in [-0.25, -0.2) is 4.98 Å². The average Bonchev–Trinajstić information content (AvgIpc) is 2.71. The summed E-state index contributed by atoms with van der Waals surface area (Å²) in [5.74, 6) is 1.87. The molecule has 2 aliphatic rings. The summed E-state index contributed by atoms with van der Waals surface area (Å²) < 4.78 is 5.44. The molecule has 2 fully saturated rings. The fourth-order valence-electron chi connectivity index (χ4n) is 3.83. The van der Waals surface area contributed by atoms with Crippen LogP contribution in [0.15, 0.2) is 30.5 Å². The number of nitrogens with zero attached hydrogens (tertiary/aromatic N) is 5. The Kier molecular flexibility index (Phi) is 5.55. The lowest BCUT2D eigenvalue weighted by atomic mass is 10.1. The third kappa shape index (κ3) is 4.39. The Morgan fingerprint density at radius 3 is 2.44 bits per heavy atom. The number of benzene rings is 1. The Labute approximate surface area is 161 Å². The van der Waals surface area contributed by atoms with Crippen molar-refractivity contribution in [2.75, 3.05) is 62.3 Å². The van der Waals surface area contributed by atoms with Crippen LogP contribution in [0.5, 0.6) is 0 Å². The minimum Gasteiger partial charge on any atom is -0.378 e. The molecule has 0 bridgehead atoms. The van der Waals surface area contributed by atoms with E-state index in [1.807, 2.05) is 12.3 Å². The van der Waals surface area contributed by atoms with Gasteiger partial charge in [0.15, 0.2) is 0 Å². The SMILES string of the molecule is Cc1ccc(CN2CCN(c3nccc(N4CCOCC4)n3)CC2)c(C)c1. The highest BCUT2D eigenvalue weighted by Crippen LogP contribution is 2.19. The predicted molar refractivity (Wildman–Crippen MR) is 108 cm³/mol. The lowest BCUT2D eigenvalue weighted by Gasteiger charge is -2.35. The number of ether oxygens (including phenoxy) is 1. The van der Waals surface area contributed by atoms with Crippen molar-refractivity contribution in [1.82, 2.24) is 14.9 Å². The first-order chi connectivity index (χ1) is 13.2. The maximum absolute atomic E-state index is 5.44. The van der Waals surface area contributed by atoms with Crippen LogP contribution >= 0.6 is 0 Å². The molecule has 0 radical (unpaired) electrons. The van der Waals surface area contributed by atoms with E-state index in [1.165, 1.54) is 16.7 Å². The van der Waals surface area contributed by atoms with E-state index in [0.717, 1.165) is 70.8 Å². The summed E-state index contributed by atoms with van der Waals surface area (Å²) in [6, 6.07) is 8.76. The normalized spacial score (nSPS) is 18.7. The monoisotopic (exact) mass is 367 g/mol. The summed E-state index contributed by atoms with van der Waals surface area (Å²) in [5.41, 5.74) is 4.15. The first kappa shape index (κ1) is 18.2. The second-order valence-corrected chi connectivity index (χ2v) is 7.51. The Balaban J connectivity index is 1.36. The Morgan fingerprint density at radius 1 is 0.926 bits per heavy atom. The van der Waals surface area contributed by atoms with Crippen molar-refractivity contribution in [3.63, 3.8) is 0 Å². The molecule has 2 aromatic rings. The van der Waals surface area contributed by atoms with Crippen molar-refractivity contribution in [2.24, 2.45) is 0 Å². The number of aryl methyl sites for hydroxylation is 2. The maximum Gasteiger partial charge on any atom is 0.227 e. The predicted octanol–water partition coefficient (Wildman–Crippen LogP) is 2.25. The van der Waals surface area contributed by atoms with Crippen molar-refractivity contribution >= 4 is 11.8 Å². The van der Waals surface area contributed by atoms with Gasteiger partial charge in [-0.3, -0.25) is 4.90 Å². The molecule has 0 amide bonds. The van der Waals surface area contributed by atoms with Gasteiger partial charge in [0, 0.05) is 52.0 Å². The van der Waals surface area contributed by atoms with E-state index in [4.69, 9.17) is 9.72 Å². The fraction of sp³-hybridized carbons (Fsp3) is 0.524. The molecule has 6 heteroatoms. The molecular weight excluding hydrogens is 338 g/mol. The molecule has 2 aliphatic heterocycles. The highest BCUT2D eigenvalue weighted by molar-refractivity contribution is 5.44. The van der Waals surface area contributed by atoms with Crippen molar-refractivity contribution in [2.45, 2.75) is 20.4 Å². The molecule has 27 heavy (non-hydrogen) atoms. The number of morpholine rings is 1. The first-order valence-electron chi connectivity index (χ1n) is 9.88. The van der Waals surface area contributed by atoms with Crippen LogP contribution in [0.25, 0.3) is 0 Å². The molecule has 3 heterocycles. The van der Waals surface area contributed by atoms with E-state index in [1.54, 1.807) is 0 Å². The second kappa shape index (κ2) is 8.23. The van der Waals surface area contributed by atoms with Gasteiger partial charge in [0.05, 0.1) is 13.2 Å². The van der Waals surface area contributed by atoms with Crippen molar-refractivity contribution in [3.8, 4) is 0 Å². The molecule has 1 aromatic carbocycles. The highest BCUT2D eigenvalue weighted by Gasteiger charge is 2.21. The van der Waals surface area contributed by atoms with E-state index < -0.39 is 0 Å². The Hall–Kier alpha value is -2.18. The third-order valence-corrected chi connectivity index (χ3v) is 5.51. The van der Waals surface area contributed by atoms with Crippen molar-refractivity contribution in [3.05, 3.63) is 47.2 Å². The van der Waals surface area contributed by atoms with E-state index in [-0.39, 0.29) is 0 Å². The van der Waals surface area contributed by atoms with E-state index >= 15 is 0 Å². The van der Waals surface area contributed by atoms with Gasteiger partial charge in [0.2, 0.25) is 5.95 Å². The van der Waals surface area contributed by atoms with E-state index in [2.05, 4.69) is 51.7 Å². The maximum atomic E-state index is 5.44. The van der Waals surface area contributed by atoms with Gasteiger partial charge in [-0.05, 0) is 31.0 Å². The Morgan fingerprint density at radius 2 is 1.70 bits per heavy atom. The van der Waals surface area contributed by atoms with Crippen LogP contribution in [-0.2, 0) is 11.3 Å². The molecule has 0 N–H and O–H groups in total. The smallest absolute Gasteiger partial charge is 0.227 e. The van der Waals surface area contributed by atoms with Gasteiger partial charge >= 0.3 is 0 Å². The lowest BCUT2D eigenvalue weighted by molar-refractivity contribution is 0.122. The molecular formula is C21H29N5O. The summed E-state index contributed by atoms with van der Waals surface area (Å²) in [4.78, 5) is 16.5. The zero-order valence-corrected chi connectivity index (χ0v) is 16.4. The van der Waals surface area contributed by atoms with Crippen LogP contribution < -0.4 is 9.80 Å². The molecule has 1 aromatic heterocycles. The summed E-state index contributed by atoms with van der Waals surface area (Å²) in [7, 11) is 0. The largest absolute Gasteiger partial charge is 0.378 e. The number of anilines is 2. The van der Waals surface area contributed by atoms with Crippen LogP contribution in [0.1, 0.15) is 16.7 Å². The van der Waals surface area contributed by atoms with E-state index in [9.17, 15) is 0 Å². The molecule has 0 spiro atoms. The van der Waals surface area contributed by atoms with Gasteiger partial charge in [0.1, 0.15) is 5.82 Å². The molecule has 0 unspecified atom stereocenters. The van der Waals surface area contributed by atoms with Crippen LogP contribution in [-0.4, -0.2) is 67.4 Å². The van der Waals surface area contributed by atoms with Gasteiger partial charge in [-0.1, -0.05) is 23.8 Å². The number of piperazine rings is 1. The number of hydrogen-bond acceptors (Lipinski definition) is 6. The van der Waals surface area contributed by atoms with Gasteiger partial charge in [-0.2, -0.15) is 4.98 Å². The molecule has 144 valence electrons.